The molecule has 0 amide bonds. The predicted octanol–water partition coefficient (Wildman–Crippen LogP) is 2.02. The molecule has 0 saturated heterocycles. The highest BCUT2D eigenvalue weighted by atomic mass is 16.3. The summed E-state index contributed by atoms with van der Waals surface area (Å²) >= 11 is 0. The van der Waals surface area contributed by atoms with Gasteiger partial charge in [0.15, 0.2) is 0 Å². The van der Waals surface area contributed by atoms with Crippen molar-refractivity contribution in [2.24, 2.45) is 7.05 Å². The Bertz CT molecular complexity index is 418. The van der Waals surface area contributed by atoms with Gasteiger partial charge in [-0.2, -0.15) is 0 Å². The van der Waals surface area contributed by atoms with Crippen molar-refractivity contribution >= 4 is 10.9 Å². The molecule has 0 atom stereocenters. The van der Waals surface area contributed by atoms with Crippen molar-refractivity contribution in [3.05, 3.63) is 35.5 Å². The molecule has 1 N–H and O–H groups in total. The number of benzene rings is 1. The van der Waals surface area contributed by atoms with Crippen molar-refractivity contribution in [3.8, 4) is 0 Å². The Morgan fingerprint density at radius 1 is 1.29 bits per heavy atom. The lowest BCUT2D eigenvalue weighted by molar-refractivity contribution is 0.297. The molecule has 74 valence electrons. The van der Waals surface area contributed by atoms with E-state index >= 15 is 0 Å². The zero-order valence-corrected chi connectivity index (χ0v) is 8.62. The van der Waals surface area contributed by atoms with Crippen molar-refractivity contribution in [2.45, 2.75) is 13.3 Å². The standard InChI is InChI=1S/C12H15NO/c1-9-10-5-3-4-6-12(10)13(2)11(9)7-8-14/h3-6,14H,7-8H2,1-2H3. The fourth-order valence-corrected chi connectivity index (χ4v) is 2.10. The molecule has 2 rings (SSSR count). The molecule has 0 saturated carbocycles. The summed E-state index contributed by atoms with van der Waals surface area (Å²) in [6.45, 7) is 2.33. The Balaban J connectivity index is 2.72. The Morgan fingerprint density at radius 3 is 2.64 bits per heavy atom. The Labute approximate surface area is 83.8 Å². The maximum atomic E-state index is 8.98. The second-order valence-electron chi connectivity index (χ2n) is 3.62. The molecular formula is C12H15NO. The van der Waals surface area contributed by atoms with Gasteiger partial charge in [0, 0.05) is 36.7 Å². The van der Waals surface area contributed by atoms with Crippen molar-refractivity contribution < 1.29 is 5.11 Å². The largest absolute Gasteiger partial charge is 0.396 e. The molecule has 0 aliphatic rings. The van der Waals surface area contributed by atoms with Crippen LogP contribution in [0.5, 0.6) is 0 Å². The van der Waals surface area contributed by atoms with Crippen LogP contribution in [0.2, 0.25) is 0 Å². The van der Waals surface area contributed by atoms with E-state index in [-0.39, 0.29) is 6.61 Å². The van der Waals surface area contributed by atoms with Crippen LogP contribution in [-0.2, 0) is 13.5 Å². The average molecular weight is 189 g/mol. The smallest absolute Gasteiger partial charge is 0.0485 e. The number of nitrogens with zero attached hydrogens (tertiary/aromatic N) is 1. The zero-order chi connectivity index (χ0) is 10.1. The van der Waals surface area contributed by atoms with Crippen LogP contribution in [0.4, 0.5) is 0 Å². The third-order valence-electron chi connectivity index (χ3n) is 2.86. The average Bonchev–Trinajstić information content (AvgIpc) is 2.45. The van der Waals surface area contributed by atoms with Crippen LogP contribution in [-0.4, -0.2) is 16.3 Å². The first-order valence-electron chi connectivity index (χ1n) is 4.89. The van der Waals surface area contributed by atoms with E-state index in [1.165, 1.54) is 22.2 Å². The summed E-state index contributed by atoms with van der Waals surface area (Å²) in [6, 6.07) is 8.34. The summed E-state index contributed by atoms with van der Waals surface area (Å²) in [7, 11) is 2.06. The van der Waals surface area contributed by atoms with Gasteiger partial charge in [-0.25, -0.2) is 0 Å². The number of hydrogen-bond donors (Lipinski definition) is 1. The lowest BCUT2D eigenvalue weighted by Gasteiger charge is -2.02. The lowest BCUT2D eigenvalue weighted by atomic mass is 10.1. The molecule has 0 aliphatic carbocycles. The van der Waals surface area contributed by atoms with Crippen molar-refractivity contribution in [1.82, 2.24) is 4.57 Å². The van der Waals surface area contributed by atoms with E-state index in [0.29, 0.717) is 0 Å². The van der Waals surface area contributed by atoms with Gasteiger partial charge < -0.3 is 9.67 Å². The first-order chi connectivity index (χ1) is 6.75. The lowest BCUT2D eigenvalue weighted by Crippen LogP contribution is -2.00. The van der Waals surface area contributed by atoms with Crippen LogP contribution in [0.3, 0.4) is 0 Å². The summed E-state index contributed by atoms with van der Waals surface area (Å²) in [5, 5.41) is 10.3. The van der Waals surface area contributed by atoms with Crippen molar-refractivity contribution in [3.63, 3.8) is 0 Å². The van der Waals surface area contributed by atoms with E-state index < -0.39 is 0 Å². The van der Waals surface area contributed by atoms with E-state index in [1.807, 2.05) is 6.07 Å². The minimum Gasteiger partial charge on any atom is -0.396 e. The SMILES string of the molecule is Cc1c(CCO)n(C)c2ccccc12. The normalized spacial score (nSPS) is 11.1. The minimum absolute atomic E-state index is 0.213. The number of hydrogen-bond acceptors (Lipinski definition) is 1. The second kappa shape index (κ2) is 3.46. The highest BCUT2D eigenvalue weighted by Gasteiger charge is 2.09. The van der Waals surface area contributed by atoms with Gasteiger partial charge in [0.1, 0.15) is 0 Å². The molecule has 1 aromatic carbocycles. The molecule has 1 heterocycles. The molecule has 0 spiro atoms. The molecule has 0 radical (unpaired) electrons. The molecule has 2 heteroatoms. The summed E-state index contributed by atoms with van der Waals surface area (Å²) in [6.07, 6.45) is 0.733. The minimum atomic E-state index is 0.213. The fraction of sp³-hybridized carbons (Fsp3) is 0.333. The number of aliphatic hydroxyl groups excluding tert-OH is 1. The van der Waals surface area contributed by atoms with Crippen LogP contribution in [0.25, 0.3) is 10.9 Å². The molecule has 0 bridgehead atoms. The Hall–Kier alpha value is -1.28. The number of fused-ring (bicyclic) bond motifs is 1. The van der Waals surface area contributed by atoms with Gasteiger partial charge in [-0.1, -0.05) is 18.2 Å². The van der Waals surface area contributed by atoms with E-state index in [9.17, 15) is 0 Å². The third kappa shape index (κ3) is 1.23. The third-order valence-corrected chi connectivity index (χ3v) is 2.86. The monoisotopic (exact) mass is 189 g/mol. The summed E-state index contributed by atoms with van der Waals surface area (Å²) in [4.78, 5) is 0. The van der Waals surface area contributed by atoms with E-state index in [4.69, 9.17) is 5.11 Å². The number of aromatic nitrogens is 1. The van der Waals surface area contributed by atoms with E-state index in [0.717, 1.165) is 6.42 Å². The Kier molecular flexibility index (Phi) is 2.30. The number of para-hydroxylation sites is 1. The summed E-state index contributed by atoms with van der Waals surface area (Å²) in [5.41, 5.74) is 3.76. The van der Waals surface area contributed by atoms with Crippen LogP contribution >= 0.6 is 0 Å². The van der Waals surface area contributed by atoms with Gasteiger partial charge in [-0.05, 0) is 18.6 Å². The topological polar surface area (TPSA) is 25.2 Å². The first-order valence-corrected chi connectivity index (χ1v) is 4.89. The molecule has 0 fully saturated rings. The van der Waals surface area contributed by atoms with Crippen molar-refractivity contribution in [1.29, 1.82) is 0 Å². The van der Waals surface area contributed by atoms with E-state index in [2.05, 4.69) is 36.7 Å². The van der Waals surface area contributed by atoms with Crippen LogP contribution in [0.1, 0.15) is 11.3 Å². The van der Waals surface area contributed by atoms with Crippen LogP contribution in [0.15, 0.2) is 24.3 Å². The maximum Gasteiger partial charge on any atom is 0.0485 e. The number of rotatable bonds is 2. The van der Waals surface area contributed by atoms with Crippen molar-refractivity contribution in [2.75, 3.05) is 6.61 Å². The highest BCUT2D eigenvalue weighted by Crippen LogP contribution is 2.24. The van der Waals surface area contributed by atoms with Gasteiger partial charge >= 0.3 is 0 Å². The van der Waals surface area contributed by atoms with Gasteiger partial charge in [0.25, 0.3) is 0 Å². The zero-order valence-electron chi connectivity index (χ0n) is 8.62. The van der Waals surface area contributed by atoms with Gasteiger partial charge in [-0.15, -0.1) is 0 Å². The predicted molar refractivity (Wildman–Crippen MR) is 58.4 cm³/mol. The van der Waals surface area contributed by atoms with Gasteiger partial charge in [0.05, 0.1) is 0 Å². The quantitative estimate of drug-likeness (QED) is 0.768. The van der Waals surface area contributed by atoms with Crippen LogP contribution in [0, 0.1) is 6.92 Å². The Morgan fingerprint density at radius 2 is 2.00 bits per heavy atom. The molecule has 0 unspecified atom stereocenters. The molecule has 14 heavy (non-hydrogen) atoms. The molecule has 2 aromatic rings. The number of aryl methyl sites for hydroxylation is 2. The van der Waals surface area contributed by atoms with Crippen LogP contribution < -0.4 is 0 Å². The maximum absolute atomic E-state index is 8.98. The second-order valence-corrected chi connectivity index (χ2v) is 3.62. The summed E-state index contributed by atoms with van der Waals surface area (Å²) in [5.74, 6) is 0. The van der Waals surface area contributed by atoms with E-state index in [1.54, 1.807) is 0 Å². The molecular weight excluding hydrogens is 174 g/mol. The first kappa shape index (κ1) is 9.28. The van der Waals surface area contributed by atoms with Gasteiger partial charge in [-0.3, -0.25) is 0 Å². The molecule has 1 aromatic heterocycles. The number of aliphatic hydroxyl groups is 1. The fourth-order valence-electron chi connectivity index (χ4n) is 2.10. The van der Waals surface area contributed by atoms with Gasteiger partial charge in [0.2, 0.25) is 0 Å². The molecule has 0 aliphatic heterocycles. The molecule has 2 nitrogen and oxygen atoms in total. The summed E-state index contributed by atoms with van der Waals surface area (Å²) < 4.78 is 2.17. The highest BCUT2D eigenvalue weighted by molar-refractivity contribution is 5.85.